The molecule has 1 aromatic heterocycles. The molecule has 0 aliphatic carbocycles. The number of fused-ring (bicyclic) bond motifs is 1. The van der Waals surface area contributed by atoms with Crippen LogP contribution in [0.15, 0.2) is 54.6 Å². The van der Waals surface area contributed by atoms with Gasteiger partial charge in [-0.2, -0.15) is 0 Å². The molecule has 8 heteroatoms. The molecule has 0 saturated heterocycles. The molecular weight excluding hydrogens is 506 g/mol. The fourth-order valence-corrected chi connectivity index (χ4v) is 4.94. The van der Waals surface area contributed by atoms with Crippen molar-refractivity contribution in [3.63, 3.8) is 0 Å². The lowest BCUT2D eigenvalue weighted by molar-refractivity contribution is 0.0952. The molecule has 0 atom stereocenters. The van der Waals surface area contributed by atoms with Gasteiger partial charge in [0.1, 0.15) is 18.2 Å². The second kappa shape index (κ2) is 13.7. The van der Waals surface area contributed by atoms with E-state index < -0.39 is 0 Å². The highest BCUT2D eigenvalue weighted by Gasteiger charge is 2.17. The number of methoxy groups -OCH3 is 3. The summed E-state index contributed by atoms with van der Waals surface area (Å²) in [5, 5.41) is 2.99. The van der Waals surface area contributed by atoms with E-state index in [2.05, 4.69) is 54.1 Å². The maximum atomic E-state index is 12.7. The Morgan fingerprint density at radius 1 is 0.875 bits per heavy atom. The highest BCUT2D eigenvalue weighted by atomic mass is 16.5. The molecule has 4 rings (SSSR count). The van der Waals surface area contributed by atoms with Gasteiger partial charge in [0.05, 0.1) is 38.9 Å². The van der Waals surface area contributed by atoms with Crippen LogP contribution in [0, 0.1) is 13.8 Å². The van der Waals surface area contributed by atoms with E-state index in [1.807, 2.05) is 12.1 Å². The first-order chi connectivity index (χ1) is 19.4. The average molecular weight is 546 g/mol. The SMILES string of the molecule is COc1cc(C(=O)NCCCCCc2nc3ccccc3n2CCOc2cc(C)cc(C)c2)cc(OC)c1OC. The summed E-state index contributed by atoms with van der Waals surface area (Å²) in [6, 6.07) is 17.8. The van der Waals surface area contributed by atoms with Crippen LogP contribution < -0.4 is 24.3 Å². The van der Waals surface area contributed by atoms with Crippen LogP contribution >= 0.6 is 0 Å². The Kier molecular flexibility index (Phi) is 9.89. The number of carbonyl (C=O) groups is 1. The molecule has 212 valence electrons. The summed E-state index contributed by atoms with van der Waals surface area (Å²) < 4.78 is 24.4. The topological polar surface area (TPSA) is 83.8 Å². The van der Waals surface area contributed by atoms with Crippen molar-refractivity contribution in [1.29, 1.82) is 0 Å². The Hall–Kier alpha value is -4.20. The van der Waals surface area contributed by atoms with Crippen LogP contribution in [-0.2, 0) is 13.0 Å². The largest absolute Gasteiger partial charge is 0.493 e. The Morgan fingerprint density at radius 3 is 2.25 bits per heavy atom. The van der Waals surface area contributed by atoms with Crippen molar-refractivity contribution in [2.24, 2.45) is 0 Å². The molecule has 0 fully saturated rings. The molecule has 1 N–H and O–H groups in total. The van der Waals surface area contributed by atoms with Gasteiger partial charge in [0.2, 0.25) is 5.75 Å². The lowest BCUT2D eigenvalue weighted by atomic mass is 10.1. The number of nitrogens with zero attached hydrogens (tertiary/aromatic N) is 2. The van der Waals surface area contributed by atoms with Crippen molar-refractivity contribution < 1.29 is 23.7 Å². The zero-order valence-electron chi connectivity index (χ0n) is 24.1. The van der Waals surface area contributed by atoms with E-state index in [0.29, 0.717) is 36.0 Å². The minimum Gasteiger partial charge on any atom is -0.493 e. The second-order valence-electron chi connectivity index (χ2n) is 9.82. The lowest BCUT2D eigenvalue weighted by Crippen LogP contribution is -2.24. The van der Waals surface area contributed by atoms with Gasteiger partial charge in [0.25, 0.3) is 5.91 Å². The normalized spacial score (nSPS) is 10.9. The molecule has 0 aliphatic rings. The van der Waals surface area contributed by atoms with Gasteiger partial charge in [-0.25, -0.2) is 4.98 Å². The van der Waals surface area contributed by atoms with Crippen molar-refractivity contribution in [1.82, 2.24) is 14.9 Å². The van der Waals surface area contributed by atoms with Crippen LogP contribution in [0.4, 0.5) is 0 Å². The third kappa shape index (κ3) is 7.05. The molecule has 0 radical (unpaired) electrons. The fraction of sp³-hybridized carbons (Fsp3) is 0.375. The van der Waals surface area contributed by atoms with Crippen molar-refractivity contribution in [3.05, 3.63) is 77.1 Å². The molecule has 1 heterocycles. The predicted molar refractivity (Wildman–Crippen MR) is 157 cm³/mol. The summed E-state index contributed by atoms with van der Waals surface area (Å²) in [5.41, 5.74) is 4.98. The number of rotatable bonds is 14. The zero-order chi connectivity index (χ0) is 28.5. The van der Waals surface area contributed by atoms with Crippen molar-refractivity contribution in [2.45, 2.75) is 46.1 Å². The Labute approximate surface area is 236 Å². The number of unbranched alkanes of at least 4 members (excludes halogenated alkanes) is 2. The summed E-state index contributed by atoms with van der Waals surface area (Å²) in [6.07, 6.45) is 3.67. The number of amides is 1. The van der Waals surface area contributed by atoms with E-state index in [1.54, 1.807) is 12.1 Å². The smallest absolute Gasteiger partial charge is 0.251 e. The van der Waals surface area contributed by atoms with Crippen LogP contribution in [0.25, 0.3) is 11.0 Å². The third-order valence-electron chi connectivity index (χ3n) is 6.80. The number of nitrogens with one attached hydrogen (secondary N) is 1. The standard InChI is InChI=1S/C32H39N3O5/c1-22-17-23(2)19-25(18-22)40-16-15-35-27-12-9-8-11-26(27)34-30(35)13-7-6-10-14-33-32(36)24-20-28(37-3)31(39-5)29(21-24)38-4/h8-9,11-12,17-21H,6-7,10,13-16H2,1-5H3,(H,33,36). The van der Waals surface area contributed by atoms with Gasteiger partial charge in [-0.3, -0.25) is 4.79 Å². The van der Waals surface area contributed by atoms with Gasteiger partial charge in [-0.1, -0.05) is 24.6 Å². The number of hydrogen-bond acceptors (Lipinski definition) is 6. The monoisotopic (exact) mass is 545 g/mol. The molecule has 0 spiro atoms. The Balaban J connectivity index is 1.29. The number of imidazole rings is 1. The summed E-state index contributed by atoms with van der Waals surface area (Å²) >= 11 is 0. The lowest BCUT2D eigenvalue weighted by Gasteiger charge is -2.14. The van der Waals surface area contributed by atoms with Crippen LogP contribution in [0.3, 0.4) is 0 Å². The number of para-hydroxylation sites is 2. The van der Waals surface area contributed by atoms with Gasteiger partial charge in [0, 0.05) is 18.5 Å². The molecule has 0 aliphatic heterocycles. The third-order valence-corrected chi connectivity index (χ3v) is 6.80. The van der Waals surface area contributed by atoms with Crippen LogP contribution in [0.5, 0.6) is 23.0 Å². The second-order valence-corrected chi connectivity index (χ2v) is 9.82. The minimum absolute atomic E-state index is 0.176. The highest BCUT2D eigenvalue weighted by Crippen LogP contribution is 2.38. The molecule has 3 aromatic carbocycles. The number of hydrogen-bond donors (Lipinski definition) is 1. The minimum atomic E-state index is -0.176. The highest BCUT2D eigenvalue weighted by molar-refractivity contribution is 5.95. The van der Waals surface area contributed by atoms with Gasteiger partial charge >= 0.3 is 0 Å². The van der Waals surface area contributed by atoms with E-state index in [-0.39, 0.29) is 5.91 Å². The van der Waals surface area contributed by atoms with Gasteiger partial charge in [0.15, 0.2) is 11.5 Å². The molecule has 4 aromatic rings. The number of aromatic nitrogens is 2. The molecular formula is C32H39N3O5. The molecule has 0 bridgehead atoms. The fourth-order valence-electron chi connectivity index (χ4n) is 4.94. The Bertz CT molecular complexity index is 1400. The summed E-state index contributed by atoms with van der Waals surface area (Å²) in [4.78, 5) is 17.6. The van der Waals surface area contributed by atoms with E-state index in [0.717, 1.165) is 54.8 Å². The molecule has 1 amide bonds. The predicted octanol–water partition coefficient (Wildman–Crippen LogP) is 5.90. The number of benzene rings is 3. The molecule has 40 heavy (non-hydrogen) atoms. The van der Waals surface area contributed by atoms with E-state index >= 15 is 0 Å². The van der Waals surface area contributed by atoms with Gasteiger partial charge < -0.3 is 28.8 Å². The van der Waals surface area contributed by atoms with Crippen LogP contribution in [0.1, 0.15) is 46.6 Å². The van der Waals surface area contributed by atoms with E-state index in [9.17, 15) is 4.79 Å². The van der Waals surface area contributed by atoms with Gasteiger partial charge in [-0.15, -0.1) is 0 Å². The summed E-state index contributed by atoms with van der Waals surface area (Å²) in [5.74, 6) is 3.15. The van der Waals surface area contributed by atoms with Crippen molar-refractivity contribution in [3.8, 4) is 23.0 Å². The summed E-state index contributed by atoms with van der Waals surface area (Å²) in [6.45, 7) is 6.05. The molecule has 0 saturated carbocycles. The first-order valence-corrected chi connectivity index (χ1v) is 13.7. The maximum absolute atomic E-state index is 12.7. The van der Waals surface area contributed by atoms with E-state index in [4.69, 9.17) is 23.9 Å². The first-order valence-electron chi connectivity index (χ1n) is 13.7. The van der Waals surface area contributed by atoms with Crippen LogP contribution in [-0.4, -0.2) is 49.9 Å². The number of ether oxygens (including phenoxy) is 4. The van der Waals surface area contributed by atoms with E-state index in [1.165, 1.54) is 32.5 Å². The zero-order valence-corrected chi connectivity index (χ0v) is 24.1. The molecule has 0 unspecified atom stereocenters. The summed E-state index contributed by atoms with van der Waals surface area (Å²) in [7, 11) is 4.60. The number of aryl methyl sites for hydroxylation is 3. The van der Waals surface area contributed by atoms with Crippen molar-refractivity contribution >= 4 is 16.9 Å². The number of carbonyl (C=O) groups excluding carboxylic acids is 1. The maximum Gasteiger partial charge on any atom is 0.251 e. The van der Waals surface area contributed by atoms with Crippen molar-refractivity contribution in [2.75, 3.05) is 34.5 Å². The molecule has 8 nitrogen and oxygen atoms in total. The average Bonchev–Trinajstić information content (AvgIpc) is 3.30. The Morgan fingerprint density at radius 2 is 1.57 bits per heavy atom. The van der Waals surface area contributed by atoms with Crippen LogP contribution in [0.2, 0.25) is 0 Å². The first kappa shape index (κ1) is 28.8. The van der Waals surface area contributed by atoms with Gasteiger partial charge in [-0.05, 0) is 74.2 Å². The quantitative estimate of drug-likeness (QED) is 0.199.